The van der Waals surface area contributed by atoms with Crippen molar-refractivity contribution in [3.63, 3.8) is 0 Å². The molecule has 0 aliphatic heterocycles. The van der Waals surface area contributed by atoms with Gasteiger partial charge in [-0.1, -0.05) is 42.0 Å². The third kappa shape index (κ3) is 2.97. The molecule has 4 nitrogen and oxygen atoms in total. The molecule has 0 saturated heterocycles. The minimum Gasteiger partial charge on any atom is -0.372 e. The smallest absolute Gasteiger partial charge is 0.372 e. The van der Waals surface area contributed by atoms with Gasteiger partial charge in [-0.05, 0) is 30.5 Å². The SMILES string of the molecule is CC(=O)CCn1cc(-c2cc(C)cc3c2-c2ccccc2[C@]3(O)C(F)(F)F)cn1. The molecule has 0 saturated carbocycles. The average molecular weight is 400 g/mol. The van der Waals surface area contributed by atoms with Crippen LogP contribution in [-0.4, -0.2) is 26.8 Å². The zero-order chi connectivity index (χ0) is 21.0. The third-order valence-corrected chi connectivity index (χ3v) is 5.31. The van der Waals surface area contributed by atoms with Crippen LogP contribution in [0.4, 0.5) is 13.2 Å². The number of aryl methyl sites for hydroxylation is 2. The van der Waals surface area contributed by atoms with Gasteiger partial charge in [-0.25, -0.2) is 0 Å². The van der Waals surface area contributed by atoms with Crippen LogP contribution in [0.5, 0.6) is 0 Å². The van der Waals surface area contributed by atoms with Crippen LogP contribution in [0, 0.1) is 6.92 Å². The number of nitrogens with zero attached hydrogens (tertiary/aromatic N) is 2. The Morgan fingerprint density at radius 1 is 1.17 bits per heavy atom. The average Bonchev–Trinajstić information content (AvgIpc) is 3.22. The first-order valence-corrected chi connectivity index (χ1v) is 9.19. The van der Waals surface area contributed by atoms with Crippen molar-refractivity contribution in [1.29, 1.82) is 0 Å². The van der Waals surface area contributed by atoms with E-state index in [0.717, 1.165) is 0 Å². The molecule has 0 radical (unpaired) electrons. The van der Waals surface area contributed by atoms with Crippen LogP contribution in [0.2, 0.25) is 0 Å². The van der Waals surface area contributed by atoms with Crippen LogP contribution in [0.1, 0.15) is 30.0 Å². The number of hydrogen-bond donors (Lipinski definition) is 1. The van der Waals surface area contributed by atoms with Gasteiger partial charge < -0.3 is 5.11 Å². The minimum atomic E-state index is -4.87. The molecular weight excluding hydrogens is 381 g/mol. The molecular formula is C22H19F3N2O2. The van der Waals surface area contributed by atoms with Crippen molar-refractivity contribution in [1.82, 2.24) is 9.78 Å². The Bertz CT molecular complexity index is 1120. The number of carbonyl (C=O) groups excluding carboxylic acids is 1. The fourth-order valence-electron chi connectivity index (χ4n) is 3.95. The fourth-order valence-corrected chi connectivity index (χ4v) is 3.95. The highest BCUT2D eigenvalue weighted by Crippen LogP contribution is 2.57. The number of rotatable bonds is 4. The highest BCUT2D eigenvalue weighted by molar-refractivity contribution is 5.92. The van der Waals surface area contributed by atoms with Gasteiger partial charge in [0.2, 0.25) is 5.60 Å². The van der Waals surface area contributed by atoms with Gasteiger partial charge in [0.05, 0.1) is 6.20 Å². The zero-order valence-corrected chi connectivity index (χ0v) is 15.9. The maximum atomic E-state index is 14.1. The number of alkyl halides is 3. The molecule has 7 heteroatoms. The van der Waals surface area contributed by atoms with E-state index in [1.165, 1.54) is 25.1 Å². The molecule has 3 aromatic rings. The summed E-state index contributed by atoms with van der Waals surface area (Å²) in [6, 6.07) is 9.25. The maximum Gasteiger partial charge on any atom is 0.425 e. The Hall–Kier alpha value is -2.93. The fraction of sp³-hybridized carbons (Fsp3) is 0.273. The van der Waals surface area contributed by atoms with Crippen LogP contribution < -0.4 is 0 Å². The molecule has 1 aliphatic carbocycles. The van der Waals surface area contributed by atoms with Crippen molar-refractivity contribution in [2.75, 3.05) is 0 Å². The highest BCUT2D eigenvalue weighted by Gasteiger charge is 2.61. The Morgan fingerprint density at radius 3 is 2.59 bits per heavy atom. The monoisotopic (exact) mass is 400 g/mol. The van der Waals surface area contributed by atoms with Crippen LogP contribution in [0.15, 0.2) is 48.8 Å². The lowest BCUT2D eigenvalue weighted by Gasteiger charge is -2.28. The normalized spacial score (nSPS) is 17.9. The predicted octanol–water partition coefficient (Wildman–Crippen LogP) is 4.62. The number of halogens is 3. The second-order valence-corrected chi connectivity index (χ2v) is 7.43. The van der Waals surface area contributed by atoms with Gasteiger partial charge in [-0.15, -0.1) is 0 Å². The Balaban J connectivity index is 1.94. The van der Waals surface area contributed by atoms with Gasteiger partial charge in [-0.2, -0.15) is 18.3 Å². The van der Waals surface area contributed by atoms with Crippen LogP contribution in [0.25, 0.3) is 22.3 Å². The Morgan fingerprint density at radius 2 is 1.90 bits per heavy atom. The molecule has 0 spiro atoms. The maximum absolute atomic E-state index is 14.1. The number of aromatic nitrogens is 2. The molecule has 150 valence electrons. The van der Waals surface area contributed by atoms with Gasteiger partial charge >= 0.3 is 6.18 Å². The molecule has 1 aromatic heterocycles. The van der Waals surface area contributed by atoms with Crippen LogP contribution >= 0.6 is 0 Å². The number of ketones is 1. The van der Waals surface area contributed by atoms with E-state index >= 15 is 0 Å². The molecule has 2 aromatic carbocycles. The first-order valence-electron chi connectivity index (χ1n) is 9.19. The van der Waals surface area contributed by atoms with E-state index in [-0.39, 0.29) is 16.9 Å². The lowest BCUT2D eigenvalue weighted by Crippen LogP contribution is -2.41. The van der Waals surface area contributed by atoms with E-state index in [4.69, 9.17) is 0 Å². The lowest BCUT2D eigenvalue weighted by atomic mass is 9.88. The molecule has 0 amide bonds. The number of aliphatic hydroxyl groups is 1. The molecule has 0 unspecified atom stereocenters. The summed E-state index contributed by atoms with van der Waals surface area (Å²) in [5.74, 6) is 0.0302. The Kier molecular flexibility index (Phi) is 4.38. The van der Waals surface area contributed by atoms with Crippen LogP contribution in [-0.2, 0) is 16.9 Å². The van der Waals surface area contributed by atoms with Crippen molar-refractivity contribution >= 4 is 5.78 Å². The second-order valence-electron chi connectivity index (χ2n) is 7.43. The summed E-state index contributed by atoms with van der Waals surface area (Å²) in [4.78, 5) is 11.2. The zero-order valence-electron chi connectivity index (χ0n) is 15.9. The van der Waals surface area contributed by atoms with Crippen molar-refractivity contribution < 1.29 is 23.1 Å². The van der Waals surface area contributed by atoms with E-state index in [1.54, 1.807) is 42.2 Å². The first-order chi connectivity index (χ1) is 13.6. The van der Waals surface area contributed by atoms with Gasteiger partial charge in [0, 0.05) is 35.9 Å². The molecule has 1 heterocycles. The number of carbonyl (C=O) groups is 1. The lowest BCUT2D eigenvalue weighted by molar-refractivity contribution is -0.246. The molecule has 0 bridgehead atoms. The summed E-state index contributed by atoms with van der Waals surface area (Å²) < 4.78 is 43.7. The minimum absolute atomic E-state index is 0.0302. The molecule has 0 fully saturated rings. The summed E-state index contributed by atoms with van der Waals surface area (Å²) in [5, 5.41) is 15.1. The topological polar surface area (TPSA) is 55.1 Å². The number of benzene rings is 2. The van der Waals surface area contributed by atoms with Crippen molar-refractivity contribution in [3.05, 3.63) is 65.5 Å². The first kappa shape index (κ1) is 19.4. The van der Waals surface area contributed by atoms with Gasteiger partial charge in [0.1, 0.15) is 5.78 Å². The third-order valence-electron chi connectivity index (χ3n) is 5.31. The summed E-state index contributed by atoms with van der Waals surface area (Å²) in [6.07, 6.45) is -1.26. The standard InChI is InChI=1S/C22H19F3N2O2/c1-13-9-17(15-11-26-27(12-15)8-7-14(2)28)20-16-5-3-4-6-18(16)21(29,19(20)10-13)22(23,24)25/h3-6,9-12,29H,7-8H2,1-2H3/t21-/m1/s1. The van der Waals surface area contributed by atoms with Crippen molar-refractivity contribution in [2.24, 2.45) is 0 Å². The number of Topliss-reactive ketones (excluding diaryl/α,β-unsaturated/α-hetero) is 1. The van der Waals surface area contributed by atoms with Gasteiger partial charge in [0.25, 0.3) is 0 Å². The van der Waals surface area contributed by atoms with Crippen molar-refractivity contribution in [3.8, 4) is 22.3 Å². The molecule has 29 heavy (non-hydrogen) atoms. The molecule has 1 atom stereocenters. The summed E-state index contributed by atoms with van der Waals surface area (Å²) in [5.41, 5.74) is -0.881. The van der Waals surface area contributed by atoms with E-state index in [1.807, 2.05) is 0 Å². The summed E-state index contributed by atoms with van der Waals surface area (Å²) in [7, 11) is 0. The number of hydrogen-bond acceptors (Lipinski definition) is 3. The van der Waals surface area contributed by atoms with E-state index in [2.05, 4.69) is 5.10 Å². The summed E-state index contributed by atoms with van der Waals surface area (Å²) in [6.45, 7) is 3.59. The second kappa shape index (κ2) is 6.56. The van der Waals surface area contributed by atoms with E-state index < -0.39 is 11.8 Å². The quantitative estimate of drug-likeness (QED) is 0.696. The Labute approximate surface area is 165 Å². The largest absolute Gasteiger partial charge is 0.425 e. The summed E-state index contributed by atoms with van der Waals surface area (Å²) >= 11 is 0. The van der Waals surface area contributed by atoms with E-state index in [0.29, 0.717) is 40.8 Å². The van der Waals surface area contributed by atoms with Gasteiger partial charge in [0.15, 0.2) is 0 Å². The number of fused-ring (bicyclic) bond motifs is 3. The van der Waals surface area contributed by atoms with Gasteiger partial charge in [-0.3, -0.25) is 9.48 Å². The van der Waals surface area contributed by atoms with Crippen LogP contribution in [0.3, 0.4) is 0 Å². The molecule has 1 aliphatic rings. The predicted molar refractivity (Wildman–Crippen MR) is 102 cm³/mol. The van der Waals surface area contributed by atoms with Crippen molar-refractivity contribution in [2.45, 2.75) is 38.6 Å². The van der Waals surface area contributed by atoms with E-state index in [9.17, 15) is 23.1 Å². The molecule has 1 N–H and O–H groups in total. The molecule has 4 rings (SSSR count). The highest BCUT2D eigenvalue weighted by atomic mass is 19.4.